The lowest BCUT2D eigenvalue weighted by atomic mass is 10.2. The standard InChI is InChI=1S/C16H14BrN3O3/c1-9(19-20-16(21)12-7-11(17)8-18-12)14-6-10-4-3-5-13(22-2)15(10)23-14/h3-8,18H,1-2H3,(H,20,21)/b19-9-. The average molecular weight is 376 g/mol. The molecule has 1 amide bonds. The van der Waals surface area contributed by atoms with Crippen molar-refractivity contribution in [2.24, 2.45) is 5.10 Å². The van der Waals surface area contributed by atoms with Gasteiger partial charge in [-0.2, -0.15) is 5.10 Å². The number of aromatic amines is 1. The molecular formula is C16H14BrN3O3. The van der Waals surface area contributed by atoms with E-state index in [0.717, 1.165) is 9.86 Å². The first-order valence-corrected chi connectivity index (χ1v) is 7.63. The smallest absolute Gasteiger partial charge is 0.287 e. The van der Waals surface area contributed by atoms with Gasteiger partial charge in [0, 0.05) is 16.1 Å². The maximum atomic E-state index is 11.9. The minimum Gasteiger partial charge on any atom is -0.493 e. The number of para-hydroxylation sites is 1. The monoisotopic (exact) mass is 375 g/mol. The number of nitrogens with zero attached hydrogens (tertiary/aromatic N) is 1. The van der Waals surface area contributed by atoms with Crippen LogP contribution in [0.25, 0.3) is 11.0 Å². The second-order valence-corrected chi connectivity index (χ2v) is 5.77. The number of furan rings is 1. The molecule has 7 heteroatoms. The lowest BCUT2D eigenvalue weighted by Crippen LogP contribution is -2.19. The van der Waals surface area contributed by atoms with Gasteiger partial charge in [-0.05, 0) is 41.1 Å². The highest BCUT2D eigenvalue weighted by Gasteiger charge is 2.12. The molecule has 0 bridgehead atoms. The van der Waals surface area contributed by atoms with Crippen molar-refractivity contribution < 1.29 is 13.9 Å². The molecule has 0 fully saturated rings. The molecule has 2 aromatic heterocycles. The van der Waals surface area contributed by atoms with E-state index in [-0.39, 0.29) is 5.91 Å². The van der Waals surface area contributed by atoms with E-state index in [1.54, 1.807) is 26.3 Å². The summed E-state index contributed by atoms with van der Waals surface area (Å²) in [5.74, 6) is 0.892. The van der Waals surface area contributed by atoms with E-state index in [1.165, 1.54) is 0 Å². The molecule has 0 radical (unpaired) electrons. The molecule has 2 N–H and O–H groups in total. The van der Waals surface area contributed by atoms with Crippen molar-refractivity contribution in [1.82, 2.24) is 10.4 Å². The maximum absolute atomic E-state index is 11.9. The van der Waals surface area contributed by atoms with E-state index in [4.69, 9.17) is 9.15 Å². The number of carbonyl (C=O) groups is 1. The molecule has 2 heterocycles. The Morgan fingerprint density at radius 2 is 2.22 bits per heavy atom. The fourth-order valence-electron chi connectivity index (χ4n) is 2.12. The van der Waals surface area contributed by atoms with Crippen molar-refractivity contribution in [3.8, 4) is 5.75 Å². The summed E-state index contributed by atoms with van der Waals surface area (Å²) in [6.07, 6.45) is 1.68. The van der Waals surface area contributed by atoms with E-state index < -0.39 is 0 Å². The molecule has 0 saturated carbocycles. The Hall–Kier alpha value is -2.54. The van der Waals surface area contributed by atoms with Crippen LogP contribution >= 0.6 is 15.9 Å². The van der Waals surface area contributed by atoms with Gasteiger partial charge >= 0.3 is 0 Å². The second-order valence-electron chi connectivity index (χ2n) is 4.86. The molecule has 0 atom stereocenters. The number of rotatable bonds is 4. The number of hydrogen-bond acceptors (Lipinski definition) is 4. The number of hydrogen-bond donors (Lipinski definition) is 2. The SMILES string of the molecule is COc1cccc2cc(/C(C)=N\NC(=O)c3cc(Br)c[nH]3)oc12. The third kappa shape index (κ3) is 3.14. The summed E-state index contributed by atoms with van der Waals surface area (Å²) < 4.78 is 11.8. The van der Waals surface area contributed by atoms with Gasteiger partial charge in [0.25, 0.3) is 5.91 Å². The Morgan fingerprint density at radius 3 is 2.91 bits per heavy atom. The maximum Gasteiger partial charge on any atom is 0.287 e. The molecule has 0 saturated heterocycles. The van der Waals surface area contributed by atoms with E-state index >= 15 is 0 Å². The summed E-state index contributed by atoms with van der Waals surface area (Å²) in [5.41, 5.74) is 4.12. The summed E-state index contributed by atoms with van der Waals surface area (Å²) in [4.78, 5) is 14.8. The van der Waals surface area contributed by atoms with Crippen molar-refractivity contribution in [3.05, 3.63) is 52.5 Å². The molecule has 3 aromatic rings. The van der Waals surface area contributed by atoms with Crippen LogP contribution in [0.5, 0.6) is 5.75 Å². The molecule has 23 heavy (non-hydrogen) atoms. The van der Waals surface area contributed by atoms with Crippen LogP contribution in [0, 0.1) is 0 Å². The number of carbonyl (C=O) groups excluding carboxylic acids is 1. The Morgan fingerprint density at radius 1 is 1.39 bits per heavy atom. The Labute approximate surface area is 140 Å². The first kappa shape index (κ1) is 15.4. The fraction of sp³-hybridized carbons (Fsp3) is 0.125. The number of halogens is 1. The van der Waals surface area contributed by atoms with Crippen molar-refractivity contribution in [2.75, 3.05) is 7.11 Å². The number of fused-ring (bicyclic) bond motifs is 1. The predicted molar refractivity (Wildman–Crippen MR) is 90.9 cm³/mol. The van der Waals surface area contributed by atoms with Gasteiger partial charge in [0.1, 0.15) is 11.4 Å². The Bertz CT molecular complexity index is 895. The van der Waals surface area contributed by atoms with Crippen molar-refractivity contribution in [2.45, 2.75) is 6.92 Å². The quantitative estimate of drug-likeness (QED) is 0.539. The number of nitrogens with one attached hydrogen (secondary N) is 2. The molecule has 0 unspecified atom stereocenters. The van der Waals surface area contributed by atoms with E-state index in [9.17, 15) is 4.79 Å². The largest absolute Gasteiger partial charge is 0.493 e. The molecular weight excluding hydrogens is 362 g/mol. The topological polar surface area (TPSA) is 79.6 Å². The third-order valence-corrected chi connectivity index (χ3v) is 3.76. The number of benzene rings is 1. The molecule has 0 aliphatic rings. The van der Waals surface area contributed by atoms with E-state index in [0.29, 0.717) is 28.5 Å². The van der Waals surface area contributed by atoms with E-state index in [1.807, 2.05) is 24.3 Å². The van der Waals surface area contributed by atoms with Crippen molar-refractivity contribution >= 4 is 38.5 Å². The van der Waals surface area contributed by atoms with Crippen LogP contribution in [0.15, 0.2) is 50.5 Å². The number of aromatic nitrogens is 1. The summed E-state index contributed by atoms with van der Waals surface area (Å²) in [6.45, 7) is 1.76. The highest BCUT2D eigenvalue weighted by atomic mass is 79.9. The van der Waals surface area contributed by atoms with Crippen LogP contribution in [0.3, 0.4) is 0 Å². The Kier molecular flexibility index (Phi) is 4.20. The average Bonchev–Trinajstić information content (AvgIpc) is 3.17. The highest BCUT2D eigenvalue weighted by molar-refractivity contribution is 9.10. The number of H-pyrrole nitrogens is 1. The first-order chi connectivity index (χ1) is 11.1. The lowest BCUT2D eigenvalue weighted by molar-refractivity contribution is 0.0950. The molecule has 6 nitrogen and oxygen atoms in total. The zero-order valence-corrected chi connectivity index (χ0v) is 14.1. The van der Waals surface area contributed by atoms with Gasteiger partial charge in [-0.3, -0.25) is 4.79 Å². The van der Waals surface area contributed by atoms with E-state index in [2.05, 4.69) is 31.4 Å². The molecule has 0 aliphatic heterocycles. The number of ether oxygens (including phenoxy) is 1. The van der Waals surface area contributed by atoms with Crippen LogP contribution in [0.2, 0.25) is 0 Å². The lowest BCUT2D eigenvalue weighted by Gasteiger charge is -2.00. The van der Waals surface area contributed by atoms with Gasteiger partial charge in [-0.25, -0.2) is 5.43 Å². The van der Waals surface area contributed by atoms with Crippen LogP contribution in [-0.2, 0) is 0 Å². The van der Waals surface area contributed by atoms with Crippen LogP contribution in [0.1, 0.15) is 23.2 Å². The van der Waals surface area contributed by atoms with Gasteiger partial charge in [0.15, 0.2) is 17.1 Å². The van der Waals surface area contributed by atoms with Gasteiger partial charge in [0.2, 0.25) is 0 Å². The molecule has 118 valence electrons. The summed E-state index contributed by atoms with van der Waals surface area (Å²) >= 11 is 3.28. The summed E-state index contributed by atoms with van der Waals surface area (Å²) in [5, 5.41) is 4.99. The number of hydrazone groups is 1. The van der Waals surface area contributed by atoms with Crippen LogP contribution in [-0.4, -0.2) is 23.7 Å². The summed E-state index contributed by atoms with van der Waals surface area (Å²) in [6, 6.07) is 9.16. The zero-order valence-electron chi connectivity index (χ0n) is 12.5. The highest BCUT2D eigenvalue weighted by Crippen LogP contribution is 2.28. The molecule has 1 aromatic carbocycles. The van der Waals surface area contributed by atoms with Crippen LogP contribution in [0.4, 0.5) is 0 Å². The molecule has 0 aliphatic carbocycles. The minimum atomic E-state index is -0.330. The third-order valence-electron chi connectivity index (χ3n) is 3.30. The van der Waals surface area contributed by atoms with Gasteiger partial charge in [0.05, 0.1) is 7.11 Å². The van der Waals surface area contributed by atoms with Crippen molar-refractivity contribution in [3.63, 3.8) is 0 Å². The fourth-order valence-corrected chi connectivity index (χ4v) is 2.47. The first-order valence-electron chi connectivity index (χ1n) is 6.84. The summed E-state index contributed by atoms with van der Waals surface area (Å²) in [7, 11) is 1.59. The predicted octanol–water partition coefficient (Wildman–Crippen LogP) is 3.69. The number of methoxy groups -OCH3 is 1. The van der Waals surface area contributed by atoms with Gasteiger partial charge in [-0.15, -0.1) is 0 Å². The minimum absolute atomic E-state index is 0.330. The molecule has 0 spiro atoms. The number of amides is 1. The molecule has 3 rings (SSSR count). The Balaban J connectivity index is 1.82. The van der Waals surface area contributed by atoms with Gasteiger partial charge < -0.3 is 14.1 Å². The van der Waals surface area contributed by atoms with Crippen LogP contribution < -0.4 is 10.2 Å². The second kappa shape index (κ2) is 6.29. The zero-order chi connectivity index (χ0) is 16.4. The normalized spacial score (nSPS) is 11.7. The van der Waals surface area contributed by atoms with Gasteiger partial charge in [-0.1, -0.05) is 12.1 Å². The van der Waals surface area contributed by atoms with Crippen molar-refractivity contribution in [1.29, 1.82) is 0 Å².